The molecule has 0 saturated carbocycles. The molecule has 8 heteroatoms. The van der Waals surface area contributed by atoms with Gasteiger partial charge in [0.1, 0.15) is 12.4 Å². The zero-order valence-corrected chi connectivity index (χ0v) is 14.8. The van der Waals surface area contributed by atoms with Crippen molar-refractivity contribution in [3.05, 3.63) is 54.1 Å². The highest BCUT2D eigenvalue weighted by Gasteiger charge is 2.31. The summed E-state index contributed by atoms with van der Waals surface area (Å²) in [6.07, 6.45) is -4.51. The smallest absolute Gasteiger partial charge is 0.416 e. The summed E-state index contributed by atoms with van der Waals surface area (Å²) in [5, 5.41) is 2.49. The number of carbonyl (C=O) groups excluding carboxylic acids is 1. The van der Waals surface area contributed by atoms with E-state index < -0.39 is 17.6 Å². The summed E-state index contributed by atoms with van der Waals surface area (Å²) in [6, 6.07) is 12.2. The van der Waals surface area contributed by atoms with Crippen LogP contribution in [0.15, 0.2) is 53.4 Å². The van der Waals surface area contributed by atoms with Gasteiger partial charge in [0.2, 0.25) is 5.91 Å². The highest BCUT2D eigenvalue weighted by atomic mass is 32.2. The lowest BCUT2D eigenvalue weighted by Gasteiger charge is -2.15. The molecule has 0 fully saturated rings. The van der Waals surface area contributed by atoms with Crippen molar-refractivity contribution < 1.29 is 27.4 Å². The Morgan fingerprint density at radius 3 is 2.50 bits per heavy atom. The molecular formula is C18H18F3NO3S. The van der Waals surface area contributed by atoms with Gasteiger partial charge in [0.15, 0.2) is 0 Å². The molecule has 2 aromatic rings. The normalized spacial score (nSPS) is 11.2. The molecule has 1 amide bonds. The Labute approximate surface area is 153 Å². The van der Waals surface area contributed by atoms with E-state index in [1.807, 2.05) is 30.3 Å². The Morgan fingerprint density at radius 2 is 1.85 bits per heavy atom. The SMILES string of the molecule is COCCOc1ccc(C(F)(F)F)cc1NC(=O)CSc1ccccc1. The van der Waals surface area contributed by atoms with Crippen LogP contribution in [0.5, 0.6) is 5.75 Å². The summed E-state index contributed by atoms with van der Waals surface area (Å²) in [6.45, 7) is 0.432. The second-order valence-electron chi connectivity index (χ2n) is 5.20. The molecule has 0 saturated heterocycles. The number of thioether (sulfide) groups is 1. The third-order valence-corrected chi connectivity index (χ3v) is 4.25. The zero-order valence-electron chi connectivity index (χ0n) is 14.0. The van der Waals surface area contributed by atoms with Crippen LogP contribution in [0, 0.1) is 0 Å². The van der Waals surface area contributed by atoms with Crippen LogP contribution in [-0.4, -0.2) is 32.0 Å². The number of rotatable bonds is 8. The fraction of sp³-hybridized carbons (Fsp3) is 0.278. The minimum Gasteiger partial charge on any atom is -0.489 e. The first-order valence-electron chi connectivity index (χ1n) is 7.71. The molecule has 0 aliphatic carbocycles. The quantitative estimate of drug-likeness (QED) is 0.538. The van der Waals surface area contributed by atoms with Gasteiger partial charge in [-0.3, -0.25) is 4.79 Å². The van der Waals surface area contributed by atoms with Crippen molar-refractivity contribution in [2.75, 3.05) is 31.4 Å². The molecule has 4 nitrogen and oxygen atoms in total. The van der Waals surface area contributed by atoms with Crippen molar-refractivity contribution in [3.63, 3.8) is 0 Å². The van der Waals surface area contributed by atoms with Crippen LogP contribution >= 0.6 is 11.8 Å². The Hall–Kier alpha value is -2.19. The van der Waals surface area contributed by atoms with Crippen LogP contribution < -0.4 is 10.1 Å². The Morgan fingerprint density at radius 1 is 1.12 bits per heavy atom. The highest BCUT2D eigenvalue weighted by Crippen LogP contribution is 2.35. The molecule has 26 heavy (non-hydrogen) atoms. The highest BCUT2D eigenvalue weighted by molar-refractivity contribution is 8.00. The molecule has 0 aromatic heterocycles. The summed E-state index contributed by atoms with van der Waals surface area (Å²) < 4.78 is 49.1. The monoisotopic (exact) mass is 385 g/mol. The average Bonchev–Trinajstić information content (AvgIpc) is 2.61. The summed E-state index contributed by atoms with van der Waals surface area (Å²) >= 11 is 1.29. The summed E-state index contributed by atoms with van der Waals surface area (Å²) in [7, 11) is 1.49. The lowest BCUT2D eigenvalue weighted by atomic mass is 10.1. The second-order valence-corrected chi connectivity index (χ2v) is 6.25. The Balaban J connectivity index is 2.09. The van der Waals surface area contributed by atoms with Gasteiger partial charge in [0.05, 0.1) is 23.6 Å². The number of hydrogen-bond donors (Lipinski definition) is 1. The molecule has 0 atom stereocenters. The van der Waals surface area contributed by atoms with Crippen LogP contribution in [0.25, 0.3) is 0 Å². The van der Waals surface area contributed by atoms with Crippen molar-refractivity contribution in [2.24, 2.45) is 0 Å². The van der Waals surface area contributed by atoms with E-state index >= 15 is 0 Å². The number of anilines is 1. The third kappa shape index (κ3) is 6.27. The van der Waals surface area contributed by atoms with Gasteiger partial charge in [-0.1, -0.05) is 18.2 Å². The number of ether oxygens (including phenoxy) is 2. The van der Waals surface area contributed by atoms with Gasteiger partial charge in [0.25, 0.3) is 0 Å². The molecule has 2 rings (SSSR count). The maximum Gasteiger partial charge on any atom is 0.416 e. The van der Waals surface area contributed by atoms with Crippen LogP contribution in [-0.2, 0) is 15.7 Å². The summed E-state index contributed by atoms with van der Waals surface area (Å²) in [4.78, 5) is 13.0. The van der Waals surface area contributed by atoms with Gasteiger partial charge in [-0.05, 0) is 30.3 Å². The molecule has 0 heterocycles. The van der Waals surface area contributed by atoms with E-state index in [4.69, 9.17) is 9.47 Å². The topological polar surface area (TPSA) is 47.6 Å². The minimum atomic E-state index is -4.51. The number of benzene rings is 2. The first-order valence-corrected chi connectivity index (χ1v) is 8.69. The molecule has 0 bridgehead atoms. The molecule has 0 aliphatic rings. The van der Waals surface area contributed by atoms with Gasteiger partial charge in [-0.15, -0.1) is 11.8 Å². The lowest BCUT2D eigenvalue weighted by molar-refractivity contribution is -0.137. The summed E-state index contributed by atoms with van der Waals surface area (Å²) in [5.74, 6) is -0.194. The molecule has 140 valence electrons. The summed E-state index contributed by atoms with van der Waals surface area (Å²) in [5.41, 5.74) is -0.878. The molecule has 0 radical (unpaired) electrons. The molecule has 1 N–H and O–H groups in total. The molecule has 0 unspecified atom stereocenters. The fourth-order valence-electron chi connectivity index (χ4n) is 2.02. The van der Waals surface area contributed by atoms with Gasteiger partial charge in [0, 0.05) is 12.0 Å². The first kappa shape index (κ1) is 20.1. The van der Waals surface area contributed by atoms with Crippen LogP contribution in [0.1, 0.15) is 5.56 Å². The van der Waals surface area contributed by atoms with Crippen molar-refractivity contribution in [1.82, 2.24) is 0 Å². The van der Waals surface area contributed by atoms with Crippen LogP contribution in [0.2, 0.25) is 0 Å². The van der Waals surface area contributed by atoms with Gasteiger partial charge >= 0.3 is 6.18 Å². The lowest BCUT2D eigenvalue weighted by Crippen LogP contribution is -2.16. The number of amides is 1. The van der Waals surface area contributed by atoms with E-state index in [1.165, 1.54) is 24.9 Å². The van der Waals surface area contributed by atoms with E-state index in [-0.39, 0.29) is 30.4 Å². The van der Waals surface area contributed by atoms with Crippen molar-refractivity contribution in [2.45, 2.75) is 11.1 Å². The second kappa shape index (κ2) is 9.49. The van der Waals surface area contributed by atoms with Crippen molar-refractivity contribution >= 4 is 23.4 Å². The number of carbonyl (C=O) groups is 1. The third-order valence-electron chi connectivity index (χ3n) is 3.24. The fourth-order valence-corrected chi connectivity index (χ4v) is 2.74. The number of halogens is 3. The molecule has 0 spiro atoms. The van der Waals surface area contributed by atoms with E-state index in [0.29, 0.717) is 0 Å². The van der Waals surface area contributed by atoms with Gasteiger partial charge < -0.3 is 14.8 Å². The standard InChI is InChI=1S/C18H18F3NO3S/c1-24-9-10-25-16-8-7-13(18(19,20)21)11-15(16)22-17(23)12-26-14-5-3-2-4-6-14/h2-8,11H,9-10,12H2,1H3,(H,22,23). The van der Waals surface area contributed by atoms with E-state index in [2.05, 4.69) is 5.32 Å². The predicted octanol–water partition coefficient (Wildman–Crippen LogP) is 4.46. The number of methoxy groups -OCH3 is 1. The Bertz CT molecular complexity index is 723. The van der Waals surface area contributed by atoms with Crippen molar-refractivity contribution in [3.8, 4) is 5.75 Å². The largest absolute Gasteiger partial charge is 0.489 e. The average molecular weight is 385 g/mol. The zero-order chi connectivity index (χ0) is 19.0. The number of hydrogen-bond acceptors (Lipinski definition) is 4. The molecule has 0 aliphatic heterocycles. The minimum absolute atomic E-state index is 0.0189. The van der Waals surface area contributed by atoms with Crippen LogP contribution in [0.3, 0.4) is 0 Å². The van der Waals surface area contributed by atoms with Gasteiger partial charge in [-0.25, -0.2) is 0 Å². The van der Waals surface area contributed by atoms with E-state index in [0.717, 1.165) is 17.0 Å². The van der Waals surface area contributed by atoms with E-state index in [9.17, 15) is 18.0 Å². The Kier molecular flexibility index (Phi) is 7.35. The number of alkyl halides is 3. The van der Waals surface area contributed by atoms with Gasteiger partial charge in [-0.2, -0.15) is 13.2 Å². The van der Waals surface area contributed by atoms with E-state index in [1.54, 1.807) is 0 Å². The molecule has 2 aromatic carbocycles. The number of nitrogens with one attached hydrogen (secondary N) is 1. The first-order chi connectivity index (χ1) is 12.4. The maximum absolute atomic E-state index is 12.9. The maximum atomic E-state index is 12.9. The predicted molar refractivity (Wildman–Crippen MR) is 94.6 cm³/mol. The van der Waals surface area contributed by atoms with Crippen molar-refractivity contribution in [1.29, 1.82) is 0 Å². The molecular weight excluding hydrogens is 367 g/mol. The van der Waals surface area contributed by atoms with Crippen LogP contribution in [0.4, 0.5) is 18.9 Å².